The minimum atomic E-state index is -0.465. The highest BCUT2D eigenvalue weighted by Crippen LogP contribution is 2.38. The van der Waals surface area contributed by atoms with Gasteiger partial charge in [-0.1, -0.05) is 23.9 Å². The lowest BCUT2D eigenvalue weighted by molar-refractivity contribution is 0.0955. The standard InChI is InChI=1S/C17H21FN4OS2/c1-9(10(2)19)13-14(20)15(25-16(13)21)17(23)22-7-11-3-5-12(6-4-11)24-8-18/h3-6H,7-8,19-21H2,1-2H3,(H,22,23)/b10-9-. The first kappa shape index (κ1) is 19.1. The maximum absolute atomic E-state index is 12.4. The van der Waals surface area contributed by atoms with Gasteiger partial charge < -0.3 is 22.5 Å². The first-order chi connectivity index (χ1) is 11.8. The third-order valence-corrected chi connectivity index (χ3v) is 5.49. The van der Waals surface area contributed by atoms with Crippen LogP contribution in [0.3, 0.4) is 0 Å². The number of hydrogen-bond acceptors (Lipinski definition) is 6. The number of rotatable bonds is 6. The van der Waals surface area contributed by atoms with E-state index in [1.807, 2.05) is 31.2 Å². The number of amides is 1. The number of benzene rings is 1. The van der Waals surface area contributed by atoms with Crippen molar-refractivity contribution in [2.75, 3.05) is 17.5 Å². The highest BCUT2D eigenvalue weighted by Gasteiger charge is 2.21. The van der Waals surface area contributed by atoms with Crippen molar-refractivity contribution in [3.63, 3.8) is 0 Å². The third-order valence-electron chi connectivity index (χ3n) is 3.74. The van der Waals surface area contributed by atoms with E-state index in [1.54, 1.807) is 6.92 Å². The molecule has 25 heavy (non-hydrogen) atoms. The highest BCUT2D eigenvalue weighted by molar-refractivity contribution is 7.99. The van der Waals surface area contributed by atoms with Crippen molar-refractivity contribution >= 4 is 45.3 Å². The maximum atomic E-state index is 12.4. The van der Waals surface area contributed by atoms with Gasteiger partial charge in [-0.05, 0) is 37.1 Å². The van der Waals surface area contributed by atoms with Gasteiger partial charge in [0.25, 0.3) is 5.91 Å². The number of nitrogens with two attached hydrogens (primary N) is 3. The van der Waals surface area contributed by atoms with E-state index in [0.29, 0.717) is 33.4 Å². The zero-order chi connectivity index (χ0) is 18.6. The molecule has 2 rings (SSSR count). The molecule has 0 aliphatic heterocycles. The van der Waals surface area contributed by atoms with Gasteiger partial charge in [-0.25, -0.2) is 4.39 Å². The zero-order valence-corrected chi connectivity index (χ0v) is 15.7. The number of halogens is 1. The summed E-state index contributed by atoms with van der Waals surface area (Å²) in [5, 5.41) is 3.29. The average Bonchev–Trinajstić information content (AvgIpc) is 2.88. The second-order valence-corrected chi connectivity index (χ2v) is 7.50. The summed E-state index contributed by atoms with van der Waals surface area (Å²) in [5.74, 6) is -0.287. The Hall–Kier alpha value is -2.19. The van der Waals surface area contributed by atoms with Crippen molar-refractivity contribution in [1.82, 2.24) is 5.32 Å². The largest absolute Gasteiger partial charge is 0.402 e. The lowest BCUT2D eigenvalue weighted by Gasteiger charge is -2.07. The van der Waals surface area contributed by atoms with Gasteiger partial charge in [0.05, 0.1) is 10.7 Å². The van der Waals surface area contributed by atoms with E-state index >= 15 is 0 Å². The molecule has 0 fully saturated rings. The molecule has 0 aliphatic carbocycles. The van der Waals surface area contributed by atoms with Crippen LogP contribution in [0.15, 0.2) is 34.9 Å². The SMILES string of the molecule is C/C(N)=C(\C)c1c(N)sc(C(=O)NCc2ccc(SCF)cc2)c1N. The van der Waals surface area contributed by atoms with Crippen LogP contribution < -0.4 is 22.5 Å². The molecule has 0 saturated heterocycles. The summed E-state index contributed by atoms with van der Waals surface area (Å²) in [5.41, 5.74) is 21.2. The molecule has 1 aromatic heterocycles. The molecule has 134 valence electrons. The van der Waals surface area contributed by atoms with Crippen molar-refractivity contribution in [3.8, 4) is 0 Å². The number of thiophene rings is 1. The molecule has 1 amide bonds. The van der Waals surface area contributed by atoms with Crippen LogP contribution in [0.1, 0.15) is 34.6 Å². The van der Waals surface area contributed by atoms with E-state index in [4.69, 9.17) is 17.2 Å². The molecule has 5 nitrogen and oxygen atoms in total. The molecular weight excluding hydrogens is 359 g/mol. The number of alkyl halides is 1. The Bertz CT molecular complexity index is 796. The fourth-order valence-electron chi connectivity index (χ4n) is 2.24. The fourth-order valence-corrected chi connectivity index (χ4v) is 3.66. The number of carbonyl (C=O) groups is 1. The van der Waals surface area contributed by atoms with Crippen molar-refractivity contribution < 1.29 is 9.18 Å². The van der Waals surface area contributed by atoms with Gasteiger partial charge in [-0.3, -0.25) is 4.79 Å². The topological polar surface area (TPSA) is 107 Å². The first-order valence-corrected chi connectivity index (χ1v) is 9.32. The lowest BCUT2D eigenvalue weighted by Crippen LogP contribution is -2.22. The van der Waals surface area contributed by atoms with E-state index in [9.17, 15) is 9.18 Å². The predicted octanol–water partition coefficient (Wildman–Crippen LogP) is 3.57. The van der Waals surface area contributed by atoms with Crippen LogP contribution >= 0.6 is 23.1 Å². The molecule has 8 heteroatoms. The Morgan fingerprint density at radius 1 is 1.24 bits per heavy atom. The molecule has 2 aromatic rings. The Morgan fingerprint density at radius 2 is 1.88 bits per heavy atom. The fraction of sp³-hybridized carbons (Fsp3) is 0.235. The number of thioether (sulfide) groups is 1. The van der Waals surface area contributed by atoms with Crippen LogP contribution in [0.25, 0.3) is 5.57 Å². The molecular formula is C17H21FN4OS2. The molecule has 0 saturated carbocycles. The Kier molecular flexibility index (Phi) is 6.33. The van der Waals surface area contributed by atoms with Gasteiger partial charge in [-0.2, -0.15) is 0 Å². The number of allylic oxidation sites excluding steroid dienone is 2. The van der Waals surface area contributed by atoms with Gasteiger partial charge in [-0.15, -0.1) is 11.3 Å². The average molecular weight is 381 g/mol. The van der Waals surface area contributed by atoms with Crippen LogP contribution in [0, 0.1) is 0 Å². The number of anilines is 2. The number of hydrogen-bond donors (Lipinski definition) is 4. The van der Waals surface area contributed by atoms with Gasteiger partial charge in [0.15, 0.2) is 0 Å². The summed E-state index contributed by atoms with van der Waals surface area (Å²) in [6, 6.07) is 6.87. The van der Waals surface area contributed by atoms with E-state index in [2.05, 4.69) is 5.32 Å². The Balaban J connectivity index is 2.11. The summed E-state index contributed by atoms with van der Waals surface area (Å²) in [6.07, 6.45) is 0. The second kappa shape index (κ2) is 8.26. The minimum Gasteiger partial charge on any atom is -0.402 e. The summed E-state index contributed by atoms with van der Waals surface area (Å²) in [7, 11) is 0. The van der Waals surface area contributed by atoms with E-state index in [0.717, 1.165) is 39.1 Å². The van der Waals surface area contributed by atoms with Crippen LogP contribution in [0.4, 0.5) is 15.1 Å². The highest BCUT2D eigenvalue weighted by atomic mass is 32.2. The Labute approximate surface area is 154 Å². The van der Waals surface area contributed by atoms with Crippen molar-refractivity contribution in [2.45, 2.75) is 25.3 Å². The molecule has 0 unspecified atom stereocenters. The predicted molar refractivity (Wildman–Crippen MR) is 105 cm³/mol. The van der Waals surface area contributed by atoms with Crippen LogP contribution in [0.5, 0.6) is 0 Å². The van der Waals surface area contributed by atoms with Crippen molar-refractivity contribution in [1.29, 1.82) is 0 Å². The zero-order valence-electron chi connectivity index (χ0n) is 14.1. The Morgan fingerprint density at radius 3 is 2.44 bits per heavy atom. The summed E-state index contributed by atoms with van der Waals surface area (Å²) in [4.78, 5) is 13.6. The van der Waals surface area contributed by atoms with Gasteiger partial charge in [0.2, 0.25) is 0 Å². The van der Waals surface area contributed by atoms with Crippen LogP contribution in [-0.4, -0.2) is 11.9 Å². The van der Waals surface area contributed by atoms with Crippen molar-refractivity contribution in [2.24, 2.45) is 5.73 Å². The second-order valence-electron chi connectivity index (χ2n) is 5.47. The van der Waals surface area contributed by atoms with E-state index in [-0.39, 0.29) is 5.91 Å². The maximum Gasteiger partial charge on any atom is 0.263 e. The third kappa shape index (κ3) is 4.46. The molecule has 0 spiro atoms. The quantitative estimate of drug-likeness (QED) is 0.573. The van der Waals surface area contributed by atoms with E-state index in [1.165, 1.54) is 0 Å². The van der Waals surface area contributed by atoms with Crippen LogP contribution in [0.2, 0.25) is 0 Å². The van der Waals surface area contributed by atoms with Gasteiger partial charge in [0, 0.05) is 22.7 Å². The molecule has 1 heterocycles. The molecule has 0 atom stereocenters. The van der Waals surface area contributed by atoms with Gasteiger partial charge in [0.1, 0.15) is 10.9 Å². The summed E-state index contributed by atoms with van der Waals surface area (Å²) >= 11 is 2.26. The van der Waals surface area contributed by atoms with E-state index < -0.39 is 6.01 Å². The molecule has 0 bridgehead atoms. The van der Waals surface area contributed by atoms with Crippen molar-refractivity contribution in [3.05, 3.63) is 46.0 Å². The molecule has 1 aromatic carbocycles. The number of nitrogen functional groups attached to an aromatic ring is 2. The first-order valence-electron chi connectivity index (χ1n) is 7.52. The minimum absolute atomic E-state index is 0.287. The molecule has 0 aliphatic rings. The number of carbonyl (C=O) groups excluding carboxylic acids is 1. The summed E-state index contributed by atoms with van der Waals surface area (Å²) < 4.78 is 12.3. The number of nitrogens with one attached hydrogen (secondary N) is 1. The van der Waals surface area contributed by atoms with Gasteiger partial charge >= 0.3 is 0 Å². The monoisotopic (exact) mass is 380 g/mol. The normalized spacial score (nSPS) is 12.0. The molecule has 0 radical (unpaired) electrons. The van der Waals surface area contributed by atoms with Crippen LogP contribution in [-0.2, 0) is 6.54 Å². The lowest BCUT2D eigenvalue weighted by atomic mass is 10.1. The summed E-state index contributed by atoms with van der Waals surface area (Å²) in [6.45, 7) is 3.93. The smallest absolute Gasteiger partial charge is 0.263 e. The molecule has 7 N–H and O–H groups in total.